The van der Waals surface area contributed by atoms with Gasteiger partial charge in [-0.2, -0.15) is 0 Å². The molecule has 2 N–H and O–H groups in total. The maximum absolute atomic E-state index is 12.2. The summed E-state index contributed by atoms with van der Waals surface area (Å²) in [7, 11) is -3.28. The minimum absolute atomic E-state index is 0.0682. The Morgan fingerprint density at radius 1 is 1.35 bits per heavy atom. The van der Waals surface area contributed by atoms with Crippen LogP contribution in [0.15, 0.2) is 24.3 Å². The zero-order chi connectivity index (χ0) is 14.6. The second-order valence-electron chi connectivity index (χ2n) is 5.32. The summed E-state index contributed by atoms with van der Waals surface area (Å²) < 4.78 is 27.1. The number of piperidine rings is 1. The lowest BCUT2D eigenvalue weighted by molar-refractivity contribution is 0.421. The first kappa shape index (κ1) is 15.8. The summed E-state index contributed by atoms with van der Waals surface area (Å²) in [5.41, 5.74) is 0.912. The fourth-order valence-electron chi connectivity index (χ4n) is 2.47. The minimum atomic E-state index is -3.28. The van der Waals surface area contributed by atoms with Crippen LogP contribution in [0.4, 0.5) is 0 Å². The van der Waals surface area contributed by atoms with Crippen molar-refractivity contribution >= 4 is 21.6 Å². The van der Waals surface area contributed by atoms with Gasteiger partial charge in [-0.1, -0.05) is 30.2 Å². The Hall–Kier alpha value is -0.620. The van der Waals surface area contributed by atoms with Gasteiger partial charge in [0.1, 0.15) is 0 Å². The fourth-order valence-corrected chi connectivity index (χ4v) is 4.18. The van der Waals surface area contributed by atoms with E-state index in [1.165, 1.54) is 0 Å². The van der Waals surface area contributed by atoms with Gasteiger partial charge in [-0.3, -0.25) is 0 Å². The van der Waals surface area contributed by atoms with Crippen LogP contribution in [0, 0.1) is 0 Å². The standard InChI is InChI=1S/C14H21ClN2O2S/c1-11(12-5-7-13(15)8-6-12)17-20(18,19)10-14-4-2-3-9-16-14/h5-8,11,14,16-17H,2-4,9-10H2,1H3. The van der Waals surface area contributed by atoms with Gasteiger partial charge in [0.05, 0.1) is 5.75 Å². The van der Waals surface area contributed by atoms with Gasteiger partial charge in [-0.05, 0) is 44.0 Å². The van der Waals surface area contributed by atoms with Crippen molar-refractivity contribution in [1.29, 1.82) is 0 Å². The highest BCUT2D eigenvalue weighted by atomic mass is 35.5. The molecule has 2 rings (SSSR count). The van der Waals surface area contributed by atoms with E-state index in [4.69, 9.17) is 11.6 Å². The molecule has 0 amide bonds. The predicted octanol–water partition coefficient (Wildman–Crippen LogP) is 2.46. The normalized spacial score (nSPS) is 21.6. The number of hydrogen-bond acceptors (Lipinski definition) is 3. The van der Waals surface area contributed by atoms with Crippen molar-refractivity contribution in [3.63, 3.8) is 0 Å². The molecule has 2 unspecified atom stereocenters. The summed E-state index contributed by atoms with van der Waals surface area (Å²) in [5.74, 6) is 0.144. The summed E-state index contributed by atoms with van der Waals surface area (Å²) in [6, 6.07) is 7.04. The molecule has 1 aliphatic rings. The van der Waals surface area contributed by atoms with E-state index in [0.717, 1.165) is 31.4 Å². The lowest BCUT2D eigenvalue weighted by Crippen LogP contribution is -2.43. The maximum atomic E-state index is 12.2. The number of sulfonamides is 1. The van der Waals surface area contributed by atoms with E-state index >= 15 is 0 Å². The monoisotopic (exact) mass is 316 g/mol. The van der Waals surface area contributed by atoms with E-state index in [2.05, 4.69) is 10.0 Å². The second kappa shape index (κ2) is 6.89. The zero-order valence-electron chi connectivity index (χ0n) is 11.6. The van der Waals surface area contributed by atoms with Gasteiger partial charge in [0, 0.05) is 17.1 Å². The van der Waals surface area contributed by atoms with Crippen molar-refractivity contribution < 1.29 is 8.42 Å². The van der Waals surface area contributed by atoms with Crippen LogP contribution in [0.25, 0.3) is 0 Å². The highest BCUT2D eigenvalue weighted by molar-refractivity contribution is 7.89. The number of benzene rings is 1. The Morgan fingerprint density at radius 2 is 2.05 bits per heavy atom. The smallest absolute Gasteiger partial charge is 0.213 e. The molecule has 0 bridgehead atoms. The van der Waals surface area contributed by atoms with Crippen molar-refractivity contribution in [3.05, 3.63) is 34.9 Å². The molecule has 0 radical (unpaired) electrons. The number of halogens is 1. The van der Waals surface area contributed by atoms with E-state index in [1.54, 1.807) is 12.1 Å². The molecular weight excluding hydrogens is 296 g/mol. The molecule has 2 atom stereocenters. The molecule has 4 nitrogen and oxygen atoms in total. The van der Waals surface area contributed by atoms with Crippen LogP contribution >= 0.6 is 11.6 Å². The first-order valence-corrected chi connectivity index (χ1v) is 8.98. The van der Waals surface area contributed by atoms with E-state index in [1.807, 2.05) is 19.1 Å². The van der Waals surface area contributed by atoms with Crippen molar-refractivity contribution in [1.82, 2.24) is 10.0 Å². The number of rotatable bonds is 5. The Bertz CT molecular complexity index is 525. The van der Waals surface area contributed by atoms with Crippen molar-refractivity contribution in [2.45, 2.75) is 38.3 Å². The first-order chi connectivity index (χ1) is 9.46. The molecule has 1 fully saturated rings. The molecule has 1 saturated heterocycles. The van der Waals surface area contributed by atoms with Gasteiger partial charge in [0.25, 0.3) is 0 Å². The maximum Gasteiger partial charge on any atom is 0.213 e. The van der Waals surface area contributed by atoms with Crippen LogP contribution in [0.1, 0.15) is 37.8 Å². The third kappa shape index (κ3) is 4.74. The second-order valence-corrected chi connectivity index (χ2v) is 7.55. The fraction of sp³-hybridized carbons (Fsp3) is 0.571. The van der Waals surface area contributed by atoms with Gasteiger partial charge in [0.2, 0.25) is 10.0 Å². The van der Waals surface area contributed by atoms with E-state index in [9.17, 15) is 8.42 Å². The average molecular weight is 317 g/mol. The van der Waals surface area contributed by atoms with Gasteiger partial charge in [0.15, 0.2) is 0 Å². The zero-order valence-corrected chi connectivity index (χ0v) is 13.2. The summed E-state index contributed by atoms with van der Waals surface area (Å²) in [6.07, 6.45) is 3.15. The highest BCUT2D eigenvalue weighted by Gasteiger charge is 2.22. The molecule has 1 aromatic rings. The molecule has 1 heterocycles. The Kier molecular flexibility index (Phi) is 5.43. The van der Waals surface area contributed by atoms with Gasteiger partial charge >= 0.3 is 0 Å². The highest BCUT2D eigenvalue weighted by Crippen LogP contribution is 2.17. The Morgan fingerprint density at radius 3 is 2.65 bits per heavy atom. The van der Waals surface area contributed by atoms with Crippen LogP contribution in [0.2, 0.25) is 5.02 Å². The van der Waals surface area contributed by atoms with Gasteiger partial charge < -0.3 is 5.32 Å². The van der Waals surface area contributed by atoms with Crippen LogP contribution < -0.4 is 10.0 Å². The molecule has 0 spiro atoms. The van der Waals surface area contributed by atoms with Crippen molar-refractivity contribution in [2.24, 2.45) is 0 Å². The van der Waals surface area contributed by atoms with Gasteiger partial charge in [-0.25, -0.2) is 13.1 Å². The summed E-state index contributed by atoms with van der Waals surface area (Å²) in [6.45, 7) is 2.75. The molecular formula is C14H21ClN2O2S. The first-order valence-electron chi connectivity index (χ1n) is 6.95. The Balaban J connectivity index is 1.94. The van der Waals surface area contributed by atoms with Crippen molar-refractivity contribution in [3.8, 4) is 0 Å². The predicted molar refractivity (Wildman–Crippen MR) is 82.4 cm³/mol. The SMILES string of the molecule is CC(NS(=O)(=O)CC1CCCCN1)c1ccc(Cl)cc1. The van der Waals surface area contributed by atoms with Crippen LogP contribution in [0.3, 0.4) is 0 Å². The average Bonchev–Trinajstić information content (AvgIpc) is 2.39. The molecule has 0 saturated carbocycles. The third-order valence-electron chi connectivity index (χ3n) is 3.56. The molecule has 1 aromatic carbocycles. The third-order valence-corrected chi connectivity index (χ3v) is 5.37. The summed E-state index contributed by atoms with van der Waals surface area (Å²) >= 11 is 5.83. The topological polar surface area (TPSA) is 58.2 Å². The van der Waals surface area contributed by atoms with Gasteiger partial charge in [-0.15, -0.1) is 0 Å². The van der Waals surface area contributed by atoms with E-state index in [0.29, 0.717) is 5.02 Å². The quantitative estimate of drug-likeness (QED) is 0.877. The van der Waals surface area contributed by atoms with E-state index < -0.39 is 10.0 Å². The molecule has 6 heteroatoms. The number of hydrogen-bond donors (Lipinski definition) is 2. The van der Waals surface area contributed by atoms with Crippen LogP contribution in [-0.4, -0.2) is 26.8 Å². The molecule has 112 valence electrons. The van der Waals surface area contributed by atoms with Crippen LogP contribution in [-0.2, 0) is 10.0 Å². The molecule has 0 aromatic heterocycles. The molecule has 1 aliphatic heterocycles. The minimum Gasteiger partial charge on any atom is -0.313 e. The molecule has 20 heavy (non-hydrogen) atoms. The van der Waals surface area contributed by atoms with Crippen LogP contribution in [0.5, 0.6) is 0 Å². The lowest BCUT2D eigenvalue weighted by Gasteiger charge is -2.24. The molecule has 0 aliphatic carbocycles. The summed E-state index contributed by atoms with van der Waals surface area (Å²) in [4.78, 5) is 0. The largest absolute Gasteiger partial charge is 0.313 e. The van der Waals surface area contributed by atoms with Crippen molar-refractivity contribution in [2.75, 3.05) is 12.3 Å². The Labute approximate surface area is 126 Å². The lowest BCUT2D eigenvalue weighted by atomic mass is 10.1. The van der Waals surface area contributed by atoms with E-state index in [-0.39, 0.29) is 17.8 Å². The summed E-state index contributed by atoms with van der Waals surface area (Å²) in [5, 5.41) is 3.91. The number of nitrogens with one attached hydrogen (secondary N) is 2.